The van der Waals surface area contributed by atoms with E-state index >= 15 is 0 Å². The van der Waals surface area contributed by atoms with E-state index in [-0.39, 0.29) is 29.8 Å². The second-order valence-corrected chi connectivity index (χ2v) is 14.1. The van der Waals surface area contributed by atoms with Gasteiger partial charge in [0.15, 0.2) is 0 Å². The van der Waals surface area contributed by atoms with Gasteiger partial charge in [0.2, 0.25) is 11.8 Å². The van der Waals surface area contributed by atoms with Crippen LogP contribution in [0, 0.1) is 20.8 Å². The zero-order chi connectivity index (χ0) is 33.4. The molecular weight excluding hydrogens is 618 g/mol. The predicted octanol–water partition coefficient (Wildman–Crippen LogP) is 7.02. The average Bonchev–Trinajstić information content (AvgIpc) is 3.03. The van der Waals surface area contributed by atoms with E-state index in [1.807, 2.05) is 82.3 Å². The van der Waals surface area contributed by atoms with Crippen LogP contribution < -0.4 is 9.62 Å². The fourth-order valence-electron chi connectivity index (χ4n) is 5.13. The van der Waals surface area contributed by atoms with Crippen LogP contribution in [0.25, 0.3) is 0 Å². The number of nitrogens with one attached hydrogen (secondary N) is 1. The molecule has 0 spiro atoms. The van der Waals surface area contributed by atoms with E-state index < -0.39 is 28.5 Å². The summed E-state index contributed by atoms with van der Waals surface area (Å²) >= 11 is 6.25. The van der Waals surface area contributed by atoms with Gasteiger partial charge in [0.05, 0.1) is 10.6 Å². The maximum Gasteiger partial charge on any atom is 0.264 e. The van der Waals surface area contributed by atoms with Crippen molar-refractivity contribution in [1.82, 2.24) is 10.2 Å². The molecular formula is C37H42ClN3O4S. The molecule has 0 saturated heterocycles. The van der Waals surface area contributed by atoms with Crippen molar-refractivity contribution in [1.29, 1.82) is 0 Å². The molecule has 4 aromatic carbocycles. The molecule has 4 aromatic rings. The Kier molecular flexibility index (Phi) is 11.7. The lowest BCUT2D eigenvalue weighted by Gasteiger charge is -2.34. The number of halogens is 1. The molecule has 46 heavy (non-hydrogen) atoms. The van der Waals surface area contributed by atoms with Gasteiger partial charge in [-0.1, -0.05) is 96.4 Å². The number of anilines is 1. The standard InChI is InChI=1S/C37H42ClN3O4S/c1-6-29(5)39-37(43)35(23-30-10-8-7-9-11-30)40(24-31-16-12-26(2)13-17-31)36(42)25-41(34-21-18-32(38)22-28(34)4)46(44,45)33-19-14-27(3)15-20-33/h7-22,29,35H,6,23-25H2,1-5H3,(H,39,43)/t29-,35-/m0/s1. The molecule has 9 heteroatoms. The van der Waals surface area contributed by atoms with E-state index in [9.17, 15) is 18.0 Å². The summed E-state index contributed by atoms with van der Waals surface area (Å²) < 4.78 is 29.6. The topological polar surface area (TPSA) is 86.8 Å². The highest BCUT2D eigenvalue weighted by molar-refractivity contribution is 7.92. The molecule has 0 bridgehead atoms. The molecule has 0 heterocycles. The first-order valence-corrected chi connectivity index (χ1v) is 17.3. The lowest BCUT2D eigenvalue weighted by molar-refractivity contribution is -0.140. The van der Waals surface area contributed by atoms with Crippen molar-refractivity contribution in [3.05, 3.63) is 130 Å². The highest BCUT2D eigenvalue weighted by Crippen LogP contribution is 2.30. The molecule has 1 N–H and O–H groups in total. The van der Waals surface area contributed by atoms with Gasteiger partial charge in [-0.05, 0) is 81.1 Å². The molecule has 2 atom stereocenters. The number of aryl methyl sites for hydroxylation is 3. The third-order valence-corrected chi connectivity index (χ3v) is 10.1. The fourth-order valence-corrected chi connectivity index (χ4v) is 6.84. The summed E-state index contributed by atoms with van der Waals surface area (Å²) in [7, 11) is -4.20. The van der Waals surface area contributed by atoms with E-state index in [2.05, 4.69) is 5.32 Å². The molecule has 7 nitrogen and oxygen atoms in total. The zero-order valence-corrected chi connectivity index (χ0v) is 28.6. The van der Waals surface area contributed by atoms with E-state index in [1.165, 1.54) is 17.0 Å². The Morgan fingerprint density at radius 1 is 0.826 bits per heavy atom. The van der Waals surface area contributed by atoms with Crippen molar-refractivity contribution in [2.75, 3.05) is 10.8 Å². The minimum absolute atomic E-state index is 0.0562. The quantitative estimate of drug-likeness (QED) is 0.167. The summed E-state index contributed by atoms with van der Waals surface area (Å²) in [6.45, 7) is 9.10. The van der Waals surface area contributed by atoms with Gasteiger partial charge in [-0.15, -0.1) is 0 Å². The van der Waals surface area contributed by atoms with Crippen LogP contribution in [-0.2, 0) is 32.6 Å². The lowest BCUT2D eigenvalue weighted by Crippen LogP contribution is -2.54. The van der Waals surface area contributed by atoms with Gasteiger partial charge in [-0.2, -0.15) is 0 Å². The highest BCUT2D eigenvalue weighted by Gasteiger charge is 2.35. The summed E-state index contributed by atoms with van der Waals surface area (Å²) in [5.74, 6) is -0.805. The number of amides is 2. The van der Waals surface area contributed by atoms with Crippen LogP contribution in [-0.4, -0.2) is 43.8 Å². The maximum atomic E-state index is 14.6. The molecule has 242 valence electrons. The zero-order valence-electron chi connectivity index (χ0n) is 27.0. The third kappa shape index (κ3) is 8.77. The van der Waals surface area contributed by atoms with Gasteiger partial charge in [-0.3, -0.25) is 13.9 Å². The Morgan fingerprint density at radius 2 is 1.43 bits per heavy atom. The Morgan fingerprint density at radius 3 is 2.02 bits per heavy atom. The van der Waals surface area contributed by atoms with Gasteiger partial charge in [0.25, 0.3) is 10.0 Å². The lowest BCUT2D eigenvalue weighted by atomic mass is 10.0. The van der Waals surface area contributed by atoms with Crippen LogP contribution in [0.2, 0.25) is 5.02 Å². The van der Waals surface area contributed by atoms with Crippen molar-refractivity contribution in [3.63, 3.8) is 0 Å². The first-order valence-electron chi connectivity index (χ1n) is 15.4. The minimum Gasteiger partial charge on any atom is -0.352 e. The number of nitrogens with zero attached hydrogens (tertiary/aromatic N) is 2. The number of carbonyl (C=O) groups excluding carboxylic acids is 2. The number of carbonyl (C=O) groups is 2. The molecule has 0 fully saturated rings. The van der Waals surface area contributed by atoms with Crippen molar-refractivity contribution in [2.24, 2.45) is 0 Å². The SMILES string of the molecule is CC[C@H](C)NC(=O)[C@H](Cc1ccccc1)N(Cc1ccc(C)cc1)C(=O)CN(c1ccc(Cl)cc1C)S(=O)(=O)c1ccc(C)cc1. The van der Waals surface area contributed by atoms with Crippen LogP contribution in [0.3, 0.4) is 0 Å². The second kappa shape index (κ2) is 15.4. The van der Waals surface area contributed by atoms with E-state index in [0.717, 1.165) is 26.6 Å². The largest absolute Gasteiger partial charge is 0.352 e. The van der Waals surface area contributed by atoms with Crippen LogP contribution >= 0.6 is 11.6 Å². The summed E-state index contributed by atoms with van der Waals surface area (Å²) in [5, 5.41) is 3.51. The van der Waals surface area contributed by atoms with Gasteiger partial charge >= 0.3 is 0 Å². The number of hydrogen-bond donors (Lipinski definition) is 1. The Labute approximate surface area is 278 Å². The van der Waals surface area contributed by atoms with E-state index in [0.29, 0.717) is 22.7 Å². The van der Waals surface area contributed by atoms with Gasteiger partial charge in [-0.25, -0.2) is 8.42 Å². The molecule has 0 radical (unpaired) electrons. The number of sulfonamides is 1. The van der Waals surface area contributed by atoms with Crippen molar-refractivity contribution < 1.29 is 18.0 Å². The van der Waals surface area contributed by atoms with Crippen LogP contribution in [0.5, 0.6) is 0 Å². The van der Waals surface area contributed by atoms with Gasteiger partial charge in [0, 0.05) is 24.0 Å². The van der Waals surface area contributed by atoms with E-state index in [4.69, 9.17) is 11.6 Å². The Hall–Kier alpha value is -4.14. The number of rotatable bonds is 13. The van der Waals surface area contributed by atoms with Crippen LogP contribution in [0.4, 0.5) is 5.69 Å². The predicted molar refractivity (Wildman–Crippen MR) is 185 cm³/mol. The van der Waals surface area contributed by atoms with Crippen molar-refractivity contribution in [3.8, 4) is 0 Å². The molecule has 4 rings (SSSR count). The number of hydrogen-bond acceptors (Lipinski definition) is 4. The summed E-state index contributed by atoms with van der Waals surface area (Å²) in [5.41, 5.74) is 4.60. The normalized spacial score (nSPS) is 12.7. The number of benzene rings is 4. The monoisotopic (exact) mass is 659 g/mol. The first-order chi connectivity index (χ1) is 21.9. The third-order valence-electron chi connectivity index (χ3n) is 8.06. The summed E-state index contributed by atoms with van der Waals surface area (Å²) in [6.07, 6.45) is 0.972. The minimum atomic E-state index is -4.20. The molecule has 0 unspecified atom stereocenters. The average molecular weight is 660 g/mol. The van der Waals surface area contributed by atoms with Crippen molar-refractivity contribution >= 4 is 39.1 Å². The fraction of sp³-hybridized carbons (Fsp3) is 0.297. The van der Waals surface area contributed by atoms with Crippen LogP contribution in [0.15, 0.2) is 102 Å². The molecule has 0 aliphatic heterocycles. The van der Waals surface area contributed by atoms with E-state index in [1.54, 1.807) is 37.3 Å². The van der Waals surface area contributed by atoms with Gasteiger partial charge in [0.1, 0.15) is 12.6 Å². The second-order valence-electron chi connectivity index (χ2n) is 11.8. The Balaban J connectivity index is 1.83. The summed E-state index contributed by atoms with van der Waals surface area (Å²) in [4.78, 5) is 30.1. The highest BCUT2D eigenvalue weighted by atomic mass is 35.5. The molecule has 2 amide bonds. The van der Waals surface area contributed by atoms with Crippen molar-refractivity contribution in [2.45, 2.75) is 71.0 Å². The Bertz CT molecular complexity index is 1740. The smallest absolute Gasteiger partial charge is 0.264 e. The molecule has 0 aliphatic rings. The first kappa shape index (κ1) is 34.7. The van der Waals surface area contributed by atoms with Gasteiger partial charge < -0.3 is 10.2 Å². The molecule has 0 saturated carbocycles. The molecule has 0 aliphatic carbocycles. The maximum absolute atomic E-state index is 14.6. The molecule has 0 aromatic heterocycles. The summed E-state index contributed by atoms with van der Waals surface area (Å²) in [6, 6.07) is 27.7. The van der Waals surface area contributed by atoms with Crippen LogP contribution in [0.1, 0.15) is 48.1 Å².